The second-order valence-corrected chi connectivity index (χ2v) is 4.83. The summed E-state index contributed by atoms with van der Waals surface area (Å²) in [5, 5.41) is 12.5. The van der Waals surface area contributed by atoms with Crippen LogP contribution in [0.2, 0.25) is 0 Å². The molecule has 6 nitrogen and oxygen atoms in total. The summed E-state index contributed by atoms with van der Waals surface area (Å²) in [7, 11) is 0. The molecule has 2 aromatic rings. The van der Waals surface area contributed by atoms with Gasteiger partial charge in [0, 0.05) is 23.2 Å². The van der Waals surface area contributed by atoms with Crippen LogP contribution in [-0.4, -0.2) is 16.1 Å². The van der Waals surface area contributed by atoms with Crippen molar-refractivity contribution in [3.05, 3.63) is 54.9 Å². The molecule has 0 amide bonds. The molecule has 0 aliphatic carbocycles. The zero-order valence-electron chi connectivity index (χ0n) is 10.5. The van der Waals surface area contributed by atoms with Crippen LogP contribution in [-0.2, 0) is 6.54 Å². The van der Waals surface area contributed by atoms with Crippen LogP contribution in [0.5, 0.6) is 5.75 Å². The number of rotatable bonds is 5. The molecule has 0 atom stereocenters. The molecule has 1 aromatic heterocycles. The van der Waals surface area contributed by atoms with Crippen molar-refractivity contribution >= 4 is 17.0 Å². The maximum absolute atomic E-state index is 13.1. The predicted octanol–water partition coefficient (Wildman–Crippen LogP) is 2.34. The molecule has 2 rings (SSSR count). The number of ether oxygens (including phenoxy) is 1. The van der Waals surface area contributed by atoms with Crippen LogP contribution in [0, 0.1) is 22.9 Å². The molecule has 8 heteroatoms. The molecular formula is C12H11FN2O4S. The zero-order chi connectivity index (χ0) is 14.7. The fraction of sp³-hybridized carbons (Fsp3) is 0.250. The van der Waals surface area contributed by atoms with Gasteiger partial charge in [0.25, 0.3) is 0 Å². The van der Waals surface area contributed by atoms with Crippen LogP contribution in [0.1, 0.15) is 5.69 Å². The second-order valence-electron chi connectivity index (χ2n) is 4.01. The van der Waals surface area contributed by atoms with Crippen molar-refractivity contribution in [3.63, 3.8) is 0 Å². The van der Waals surface area contributed by atoms with Gasteiger partial charge in [-0.05, 0) is 13.0 Å². The molecule has 0 spiro atoms. The third-order valence-electron chi connectivity index (χ3n) is 2.67. The molecule has 1 aromatic carbocycles. The summed E-state index contributed by atoms with van der Waals surface area (Å²) < 4.78 is 19.8. The van der Waals surface area contributed by atoms with Gasteiger partial charge in [0.05, 0.1) is 11.5 Å². The Labute approximate surface area is 117 Å². The quantitative estimate of drug-likeness (QED) is 0.627. The first-order valence-corrected chi connectivity index (χ1v) is 6.58. The molecule has 106 valence electrons. The molecule has 0 aliphatic rings. The van der Waals surface area contributed by atoms with E-state index in [1.54, 1.807) is 12.3 Å². The standard InChI is InChI=1S/C12H11FN2O4S/c1-8-7-20-12(16)14(8)4-5-19-11-6-9(13)2-3-10(11)15(17)18/h2-3,6-7H,4-5H2,1H3. The highest BCUT2D eigenvalue weighted by Crippen LogP contribution is 2.27. The van der Waals surface area contributed by atoms with Gasteiger partial charge in [0.15, 0.2) is 5.75 Å². The average molecular weight is 298 g/mol. The molecule has 0 unspecified atom stereocenters. The summed E-state index contributed by atoms with van der Waals surface area (Å²) in [6.07, 6.45) is 0. The highest BCUT2D eigenvalue weighted by atomic mass is 32.1. The van der Waals surface area contributed by atoms with E-state index in [4.69, 9.17) is 4.74 Å². The molecule has 0 fully saturated rings. The lowest BCUT2D eigenvalue weighted by Crippen LogP contribution is -2.19. The fourth-order valence-electron chi connectivity index (χ4n) is 1.68. The van der Waals surface area contributed by atoms with Gasteiger partial charge in [-0.1, -0.05) is 11.3 Å². The van der Waals surface area contributed by atoms with Gasteiger partial charge in [-0.25, -0.2) is 4.39 Å². The summed E-state index contributed by atoms with van der Waals surface area (Å²) >= 11 is 1.07. The van der Waals surface area contributed by atoms with Gasteiger partial charge >= 0.3 is 10.6 Å². The van der Waals surface area contributed by atoms with E-state index in [0.29, 0.717) is 0 Å². The zero-order valence-corrected chi connectivity index (χ0v) is 11.4. The Morgan fingerprint density at radius 2 is 2.25 bits per heavy atom. The lowest BCUT2D eigenvalue weighted by Gasteiger charge is -2.08. The van der Waals surface area contributed by atoms with Crippen molar-refractivity contribution in [1.82, 2.24) is 4.57 Å². The molecule has 0 radical (unpaired) electrons. The van der Waals surface area contributed by atoms with Crippen molar-refractivity contribution in [2.45, 2.75) is 13.5 Å². The van der Waals surface area contributed by atoms with E-state index in [0.717, 1.165) is 35.2 Å². The van der Waals surface area contributed by atoms with E-state index in [-0.39, 0.29) is 29.5 Å². The normalized spacial score (nSPS) is 10.5. The number of thiazole rings is 1. The van der Waals surface area contributed by atoms with E-state index in [1.165, 1.54) is 4.57 Å². The Balaban J connectivity index is 2.10. The summed E-state index contributed by atoms with van der Waals surface area (Å²) in [4.78, 5) is 21.5. The number of nitrogens with zero attached hydrogens (tertiary/aromatic N) is 2. The third kappa shape index (κ3) is 3.02. The maximum Gasteiger partial charge on any atom is 0.311 e. The van der Waals surface area contributed by atoms with Crippen LogP contribution in [0.3, 0.4) is 0 Å². The van der Waals surface area contributed by atoms with E-state index < -0.39 is 10.7 Å². The van der Waals surface area contributed by atoms with E-state index in [1.807, 2.05) is 0 Å². The first-order valence-electron chi connectivity index (χ1n) is 5.70. The predicted molar refractivity (Wildman–Crippen MR) is 71.9 cm³/mol. The SMILES string of the molecule is Cc1csc(=O)n1CCOc1cc(F)ccc1[N+](=O)[O-]. The molecule has 0 saturated heterocycles. The van der Waals surface area contributed by atoms with Crippen molar-refractivity contribution < 1.29 is 14.1 Å². The number of aryl methyl sites for hydroxylation is 1. The molecule has 20 heavy (non-hydrogen) atoms. The van der Waals surface area contributed by atoms with Gasteiger partial charge in [0.2, 0.25) is 0 Å². The first-order chi connectivity index (χ1) is 9.49. The highest BCUT2D eigenvalue weighted by Gasteiger charge is 2.16. The van der Waals surface area contributed by atoms with Gasteiger partial charge in [-0.2, -0.15) is 0 Å². The minimum Gasteiger partial charge on any atom is -0.485 e. The number of benzene rings is 1. The molecule has 0 bridgehead atoms. The Kier molecular flexibility index (Phi) is 4.14. The smallest absolute Gasteiger partial charge is 0.311 e. The van der Waals surface area contributed by atoms with Gasteiger partial charge in [-0.3, -0.25) is 19.5 Å². The van der Waals surface area contributed by atoms with E-state index in [9.17, 15) is 19.3 Å². The topological polar surface area (TPSA) is 74.4 Å². The Morgan fingerprint density at radius 3 is 2.85 bits per heavy atom. The Bertz CT molecular complexity index is 695. The lowest BCUT2D eigenvalue weighted by atomic mass is 10.3. The highest BCUT2D eigenvalue weighted by molar-refractivity contribution is 7.07. The van der Waals surface area contributed by atoms with Crippen molar-refractivity contribution in [3.8, 4) is 5.75 Å². The number of hydrogen-bond donors (Lipinski definition) is 0. The van der Waals surface area contributed by atoms with Crippen LogP contribution in [0.15, 0.2) is 28.4 Å². The van der Waals surface area contributed by atoms with Crippen molar-refractivity contribution in [2.24, 2.45) is 0 Å². The van der Waals surface area contributed by atoms with Gasteiger partial charge in [-0.15, -0.1) is 0 Å². The van der Waals surface area contributed by atoms with Gasteiger partial charge < -0.3 is 4.74 Å². The number of nitro groups is 1. The van der Waals surface area contributed by atoms with Crippen LogP contribution < -0.4 is 9.61 Å². The molecule has 1 heterocycles. The molecule has 0 saturated carbocycles. The summed E-state index contributed by atoms with van der Waals surface area (Å²) in [6.45, 7) is 2.08. The minimum atomic E-state index is -0.642. The summed E-state index contributed by atoms with van der Waals surface area (Å²) in [5.41, 5.74) is 0.484. The van der Waals surface area contributed by atoms with Crippen LogP contribution in [0.25, 0.3) is 0 Å². The summed E-state index contributed by atoms with van der Waals surface area (Å²) in [6, 6.07) is 3.01. The third-order valence-corrected chi connectivity index (χ3v) is 3.55. The van der Waals surface area contributed by atoms with E-state index >= 15 is 0 Å². The second kappa shape index (κ2) is 5.83. The average Bonchev–Trinajstić information content (AvgIpc) is 2.70. The molecular weight excluding hydrogens is 287 g/mol. The summed E-state index contributed by atoms with van der Waals surface area (Å²) in [5.74, 6) is -0.759. The molecule has 0 aliphatic heterocycles. The number of hydrogen-bond acceptors (Lipinski definition) is 5. The number of nitro benzene ring substituents is 1. The monoisotopic (exact) mass is 298 g/mol. The maximum atomic E-state index is 13.1. The Hall–Kier alpha value is -2.22. The minimum absolute atomic E-state index is 0.0434. The lowest BCUT2D eigenvalue weighted by molar-refractivity contribution is -0.385. The van der Waals surface area contributed by atoms with Crippen LogP contribution in [0.4, 0.5) is 10.1 Å². The number of aromatic nitrogens is 1. The first kappa shape index (κ1) is 14.2. The molecule has 0 N–H and O–H groups in total. The van der Waals surface area contributed by atoms with Crippen molar-refractivity contribution in [1.29, 1.82) is 0 Å². The Morgan fingerprint density at radius 1 is 1.50 bits per heavy atom. The van der Waals surface area contributed by atoms with Crippen molar-refractivity contribution in [2.75, 3.05) is 6.61 Å². The fourth-order valence-corrected chi connectivity index (χ4v) is 2.44. The van der Waals surface area contributed by atoms with Gasteiger partial charge in [0.1, 0.15) is 12.4 Å². The number of halogens is 1. The van der Waals surface area contributed by atoms with E-state index in [2.05, 4.69) is 0 Å². The largest absolute Gasteiger partial charge is 0.485 e. The van der Waals surface area contributed by atoms with Crippen LogP contribution >= 0.6 is 11.3 Å².